The third-order valence-corrected chi connectivity index (χ3v) is 5.65. The van der Waals surface area contributed by atoms with Crippen molar-refractivity contribution < 1.29 is 4.79 Å². The van der Waals surface area contributed by atoms with Crippen molar-refractivity contribution in [2.24, 2.45) is 5.92 Å². The highest BCUT2D eigenvalue weighted by atomic mass is 35.5. The van der Waals surface area contributed by atoms with Gasteiger partial charge in [-0.3, -0.25) is 4.79 Å². The first-order chi connectivity index (χ1) is 12.6. The number of hydrogen-bond acceptors (Lipinski definition) is 5. The van der Waals surface area contributed by atoms with Gasteiger partial charge < -0.3 is 10.2 Å². The molecule has 1 aliphatic heterocycles. The first-order valence-electron chi connectivity index (χ1n) is 8.75. The van der Waals surface area contributed by atoms with Crippen molar-refractivity contribution in [1.29, 1.82) is 0 Å². The number of piperidine rings is 1. The van der Waals surface area contributed by atoms with Crippen LogP contribution in [-0.2, 0) is 4.79 Å². The average molecular weight is 391 g/mol. The lowest BCUT2D eigenvalue weighted by molar-refractivity contribution is -0.125. The van der Waals surface area contributed by atoms with Crippen molar-refractivity contribution in [3.05, 3.63) is 47.1 Å². The molecule has 26 heavy (non-hydrogen) atoms. The average Bonchev–Trinajstić information content (AvgIpc) is 2.68. The molecule has 0 saturated carbocycles. The first-order valence-corrected chi connectivity index (χ1v) is 10.4. The summed E-state index contributed by atoms with van der Waals surface area (Å²) in [5.74, 6) is 0.819. The van der Waals surface area contributed by atoms with E-state index >= 15 is 0 Å². The fourth-order valence-corrected chi connectivity index (χ4v) is 3.69. The van der Waals surface area contributed by atoms with Gasteiger partial charge in [0.15, 0.2) is 11.0 Å². The number of benzene rings is 1. The van der Waals surface area contributed by atoms with Gasteiger partial charge in [-0.15, -0.1) is 22.0 Å². The van der Waals surface area contributed by atoms with Gasteiger partial charge in [0, 0.05) is 18.0 Å². The first kappa shape index (κ1) is 19.0. The van der Waals surface area contributed by atoms with E-state index in [0.717, 1.165) is 30.8 Å². The summed E-state index contributed by atoms with van der Waals surface area (Å²) in [6.07, 6.45) is 3.90. The number of nitrogens with one attached hydrogen (secondary N) is 1. The number of aromatic nitrogens is 2. The van der Waals surface area contributed by atoms with Crippen LogP contribution in [0, 0.1) is 5.92 Å². The standard InChI is InChI=1S/C19H23ClN4OS/c1-13(14-5-7-16(26-2)8-6-14)21-19(25)15-4-3-11-24(12-15)18-10-9-17(20)22-23-18/h5-10,13,15H,3-4,11-12H2,1-2H3,(H,21,25). The molecule has 1 aliphatic rings. The van der Waals surface area contributed by atoms with E-state index in [1.165, 1.54) is 4.90 Å². The third kappa shape index (κ3) is 4.68. The van der Waals surface area contributed by atoms with Crippen molar-refractivity contribution in [2.45, 2.75) is 30.7 Å². The highest BCUT2D eigenvalue weighted by Crippen LogP contribution is 2.24. The molecule has 5 nitrogen and oxygen atoms in total. The molecule has 0 radical (unpaired) electrons. The van der Waals surface area contributed by atoms with Gasteiger partial charge in [0.2, 0.25) is 5.91 Å². The number of rotatable bonds is 5. The number of thioether (sulfide) groups is 1. The molecule has 1 saturated heterocycles. The van der Waals surface area contributed by atoms with Gasteiger partial charge in [0.1, 0.15) is 0 Å². The normalized spacial score (nSPS) is 18.4. The van der Waals surface area contributed by atoms with Crippen LogP contribution in [0.25, 0.3) is 0 Å². The van der Waals surface area contributed by atoms with Gasteiger partial charge in [-0.05, 0) is 55.9 Å². The predicted octanol–water partition coefficient (Wildman–Crippen LogP) is 3.95. The largest absolute Gasteiger partial charge is 0.354 e. The molecular weight excluding hydrogens is 368 g/mol. The van der Waals surface area contributed by atoms with Crippen LogP contribution in [0.15, 0.2) is 41.3 Å². The topological polar surface area (TPSA) is 58.1 Å². The van der Waals surface area contributed by atoms with E-state index in [1.807, 2.05) is 13.0 Å². The molecule has 2 atom stereocenters. The minimum Gasteiger partial charge on any atom is -0.354 e. The SMILES string of the molecule is CSc1ccc(C(C)NC(=O)C2CCCN(c3ccc(Cl)nn3)C2)cc1. The zero-order valence-corrected chi connectivity index (χ0v) is 16.6. The monoisotopic (exact) mass is 390 g/mol. The molecule has 1 fully saturated rings. The number of hydrogen-bond donors (Lipinski definition) is 1. The quantitative estimate of drug-likeness (QED) is 0.783. The van der Waals surface area contributed by atoms with Crippen molar-refractivity contribution >= 4 is 35.1 Å². The van der Waals surface area contributed by atoms with Crippen molar-refractivity contribution in [1.82, 2.24) is 15.5 Å². The van der Waals surface area contributed by atoms with E-state index in [9.17, 15) is 4.79 Å². The Bertz CT molecular complexity index is 738. The van der Waals surface area contributed by atoms with Gasteiger partial charge in [-0.1, -0.05) is 23.7 Å². The number of amides is 1. The second-order valence-corrected chi connectivity index (χ2v) is 7.77. The summed E-state index contributed by atoms with van der Waals surface area (Å²) in [5.41, 5.74) is 1.12. The van der Waals surface area contributed by atoms with E-state index in [2.05, 4.69) is 50.9 Å². The van der Waals surface area contributed by atoms with Crippen LogP contribution < -0.4 is 10.2 Å². The van der Waals surface area contributed by atoms with E-state index in [1.54, 1.807) is 17.8 Å². The molecule has 2 aromatic rings. The zero-order valence-electron chi connectivity index (χ0n) is 15.0. The fourth-order valence-electron chi connectivity index (χ4n) is 3.18. The van der Waals surface area contributed by atoms with Crippen LogP contribution in [0.3, 0.4) is 0 Å². The predicted molar refractivity (Wildman–Crippen MR) is 107 cm³/mol. The molecule has 2 unspecified atom stereocenters. The Morgan fingerprint density at radius 2 is 2.04 bits per heavy atom. The minimum atomic E-state index is -0.0471. The summed E-state index contributed by atoms with van der Waals surface area (Å²) >= 11 is 7.52. The van der Waals surface area contributed by atoms with Crippen molar-refractivity contribution in [3.63, 3.8) is 0 Å². The molecule has 1 aromatic heterocycles. The lowest BCUT2D eigenvalue weighted by Gasteiger charge is -2.33. The van der Waals surface area contributed by atoms with Crippen LogP contribution in [-0.4, -0.2) is 35.4 Å². The van der Waals surface area contributed by atoms with Crippen LogP contribution in [0.5, 0.6) is 0 Å². The number of carbonyl (C=O) groups excluding carboxylic acids is 1. The molecular formula is C19H23ClN4OS. The lowest BCUT2D eigenvalue weighted by Crippen LogP contribution is -2.44. The van der Waals surface area contributed by atoms with Gasteiger partial charge >= 0.3 is 0 Å². The third-order valence-electron chi connectivity index (χ3n) is 4.71. The summed E-state index contributed by atoms with van der Waals surface area (Å²) in [6.45, 7) is 3.56. The van der Waals surface area contributed by atoms with Gasteiger partial charge in [-0.2, -0.15) is 0 Å². The van der Waals surface area contributed by atoms with Crippen LogP contribution >= 0.6 is 23.4 Å². The lowest BCUT2D eigenvalue weighted by atomic mass is 9.96. The fraction of sp³-hybridized carbons (Fsp3) is 0.421. The number of halogens is 1. The summed E-state index contributed by atoms with van der Waals surface area (Å²) in [7, 11) is 0. The maximum absolute atomic E-state index is 12.7. The van der Waals surface area contributed by atoms with Gasteiger partial charge in [0.05, 0.1) is 12.0 Å². The Labute approximate surface area is 163 Å². The van der Waals surface area contributed by atoms with E-state index in [4.69, 9.17) is 11.6 Å². The molecule has 2 heterocycles. The summed E-state index contributed by atoms with van der Waals surface area (Å²) in [5, 5.41) is 11.6. The Hall–Kier alpha value is -1.79. The maximum atomic E-state index is 12.7. The zero-order chi connectivity index (χ0) is 18.5. The maximum Gasteiger partial charge on any atom is 0.225 e. The Morgan fingerprint density at radius 1 is 1.27 bits per heavy atom. The number of carbonyl (C=O) groups is 1. The smallest absolute Gasteiger partial charge is 0.225 e. The molecule has 1 amide bonds. The van der Waals surface area contributed by atoms with Crippen LogP contribution in [0.1, 0.15) is 31.4 Å². The van der Waals surface area contributed by atoms with Crippen molar-refractivity contribution in [2.75, 3.05) is 24.2 Å². The molecule has 7 heteroatoms. The Balaban J connectivity index is 1.60. The van der Waals surface area contributed by atoms with Gasteiger partial charge in [-0.25, -0.2) is 0 Å². The summed E-state index contributed by atoms with van der Waals surface area (Å²) < 4.78 is 0. The summed E-state index contributed by atoms with van der Waals surface area (Å²) in [4.78, 5) is 16.1. The van der Waals surface area contributed by atoms with E-state index in [-0.39, 0.29) is 17.9 Å². The van der Waals surface area contributed by atoms with Gasteiger partial charge in [0.25, 0.3) is 0 Å². The van der Waals surface area contributed by atoms with Crippen LogP contribution in [0.2, 0.25) is 5.15 Å². The highest BCUT2D eigenvalue weighted by molar-refractivity contribution is 7.98. The van der Waals surface area contributed by atoms with E-state index < -0.39 is 0 Å². The second kappa shape index (κ2) is 8.73. The Kier molecular flexibility index (Phi) is 6.38. The molecule has 1 aromatic carbocycles. The molecule has 0 bridgehead atoms. The molecule has 3 rings (SSSR count). The molecule has 0 spiro atoms. The molecule has 138 valence electrons. The second-order valence-electron chi connectivity index (χ2n) is 6.50. The molecule has 0 aliphatic carbocycles. The van der Waals surface area contributed by atoms with E-state index in [0.29, 0.717) is 11.7 Å². The highest BCUT2D eigenvalue weighted by Gasteiger charge is 2.27. The van der Waals surface area contributed by atoms with Crippen molar-refractivity contribution in [3.8, 4) is 0 Å². The molecule has 1 N–H and O–H groups in total. The number of anilines is 1. The van der Waals surface area contributed by atoms with Crippen LogP contribution in [0.4, 0.5) is 5.82 Å². The number of nitrogens with zero attached hydrogens (tertiary/aromatic N) is 3. The Morgan fingerprint density at radius 3 is 2.69 bits per heavy atom. The minimum absolute atomic E-state index is 0.0101. The summed E-state index contributed by atoms with van der Waals surface area (Å²) in [6, 6.07) is 11.9.